The van der Waals surface area contributed by atoms with Gasteiger partial charge in [0.25, 0.3) is 0 Å². The lowest BCUT2D eigenvalue weighted by Crippen LogP contribution is -2.33. The molecule has 1 aromatic rings. The molecule has 0 fully saturated rings. The third-order valence-electron chi connectivity index (χ3n) is 2.78. The highest BCUT2D eigenvalue weighted by molar-refractivity contribution is 7.11. The van der Waals surface area contributed by atoms with E-state index in [9.17, 15) is 0 Å². The molecular weight excluding hydrogens is 242 g/mol. The summed E-state index contributed by atoms with van der Waals surface area (Å²) in [5, 5.41) is 0. The van der Waals surface area contributed by atoms with E-state index in [2.05, 4.69) is 49.9 Å². The number of nitrogens with zero attached hydrogens (tertiary/aromatic N) is 2. The van der Waals surface area contributed by atoms with E-state index >= 15 is 0 Å². The first-order chi connectivity index (χ1) is 8.51. The van der Waals surface area contributed by atoms with Gasteiger partial charge in [0.2, 0.25) is 0 Å². The maximum absolute atomic E-state index is 5.66. The van der Waals surface area contributed by atoms with Gasteiger partial charge in [0.1, 0.15) is 0 Å². The summed E-state index contributed by atoms with van der Waals surface area (Å²) in [5.41, 5.74) is 5.66. The Morgan fingerprint density at radius 1 is 1.17 bits per heavy atom. The van der Waals surface area contributed by atoms with Gasteiger partial charge >= 0.3 is 0 Å². The van der Waals surface area contributed by atoms with Crippen molar-refractivity contribution in [2.75, 3.05) is 33.7 Å². The molecule has 0 saturated heterocycles. The zero-order valence-corrected chi connectivity index (χ0v) is 13.0. The lowest BCUT2D eigenvalue weighted by Gasteiger charge is -2.25. The average molecular weight is 269 g/mol. The van der Waals surface area contributed by atoms with Gasteiger partial charge in [-0.25, -0.2) is 0 Å². The summed E-state index contributed by atoms with van der Waals surface area (Å²) in [5.74, 6) is 0.709. The minimum atomic E-state index is 0.659. The number of rotatable bonds is 8. The quantitative estimate of drug-likeness (QED) is 0.785. The third-order valence-corrected chi connectivity index (χ3v) is 3.88. The Morgan fingerprint density at radius 2 is 1.83 bits per heavy atom. The molecule has 3 nitrogen and oxygen atoms in total. The molecule has 0 bridgehead atoms. The van der Waals surface area contributed by atoms with Gasteiger partial charge in [0.15, 0.2) is 0 Å². The van der Waals surface area contributed by atoms with Crippen molar-refractivity contribution in [1.29, 1.82) is 0 Å². The molecule has 0 amide bonds. The molecule has 0 aliphatic heterocycles. The van der Waals surface area contributed by atoms with Crippen molar-refractivity contribution < 1.29 is 0 Å². The second-order valence-corrected chi connectivity index (χ2v) is 6.76. The normalized spacial score (nSPS) is 12.0. The lowest BCUT2D eigenvalue weighted by atomic mass is 10.2. The maximum atomic E-state index is 5.66. The van der Waals surface area contributed by atoms with Crippen LogP contribution in [0.3, 0.4) is 0 Å². The Balaban J connectivity index is 2.53. The van der Waals surface area contributed by atoms with E-state index in [0.29, 0.717) is 12.5 Å². The highest BCUT2D eigenvalue weighted by Crippen LogP contribution is 2.18. The van der Waals surface area contributed by atoms with Crippen molar-refractivity contribution in [3.63, 3.8) is 0 Å². The fourth-order valence-electron chi connectivity index (χ4n) is 1.93. The Bertz CT molecular complexity index is 334. The molecule has 0 unspecified atom stereocenters. The number of likely N-dealkylation sites (N-methyl/N-ethyl adjacent to an activating group) is 1. The summed E-state index contributed by atoms with van der Waals surface area (Å²) >= 11 is 1.84. The van der Waals surface area contributed by atoms with Crippen LogP contribution in [0.5, 0.6) is 0 Å². The molecule has 0 atom stereocenters. The molecule has 104 valence electrons. The zero-order chi connectivity index (χ0) is 13.5. The number of hydrogen-bond donors (Lipinski definition) is 1. The SMILES string of the molecule is CC(C)CN(CCN(C)C)Cc1ccc(CN)s1. The summed E-state index contributed by atoms with van der Waals surface area (Å²) in [6.07, 6.45) is 0. The summed E-state index contributed by atoms with van der Waals surface area (Å²) in [6, 6.07) is 4.37. The molecular formula is C14H27N3S. The molecule has 0 saturated carbocycles. The Hall–Kier alpha value is -0.420. The molecule has 0 radical (unpaired) electrons. The maximum Gasteiger partial charge on any atom is 0.0328 e. The summed E-state index contributed by atoms with van der Waals surface area (Å²) < 4.78 is 0. The second kappa shape index (κ2) is 7.89. The standard InChI is InChI=1S/C14H27N3S/c1-12(2)10-17(8-7-16(3)4)11-14-6-5-13(9-15)18-14/h5-6,12H,7-11,15H2,1-4H3. The van der Waals surface area contributed by atoms with Crippen LogP contribution in [0, 0.1) is 5.92 Å². The molecule has 2 N–H and O–H groups in total. The molecule has 0 spiro atoms. The van der Waals surface area contributed by atoms with E-state index in [1.54, 1.807) is 0 Å². The summed E-state index contributed by atoms with van der Waals surface area (Å²) in [4.78, 5) is 7.49. The van der Waals surface area contributed by atoms with Gasteiger partial charge in [-0.3, -0.25) is 4.90 Å². The van der Waals surface area contributed by atoms with Crippen LogP contribution in [-0.4, -0.2) is 43.5 Å². The average Bonchev–Trinajstić information content (AvgIpc) is 2.73. The van der Waals surface area contributed by atoms with E-state index in [1.807, 2.05) is 11.3 Å². The van der Waals surface area contributed by atoms with Crippen molar-refractivity contribution in [3.05, 3.63) is 21.9 Å². The van der Waals surface area contributed by atoms with Crippen LogP contribution in [0.1, 0.15) is 23.6 Å². The minimum absolute atomic E-state index is 0.659. The molecule has 1 heterocycles. The Kier molecular flexibility index (Phi) is 6.86. The highest BCUT2D eigenvalue weighted by Gasteiger charge is 2.10. The van der Waals surface area contributed by atoms with Crippen LogP contribution in [0.15, 0.2) is 12.1 Å². The molecule has 0 aliphatic rings. The predicted molar refractivity (Wildman–Crippen MR) is 80.9 cm³/mol. The number of hydrogen-bond acceptors (Lipinski definition) is 4. The van der Waals surface area contributed by atoms with Crippen molar-refractivity contribution in [2.45, 2.75) is 26.9 Å². The molecule has 1 aromatic heterocycles. The van der Waals surface area contributed by atoms with Crippen LogP contribution in [0.25, 0.3) is 0 Å². The molecule has 4 heteroatoms. The Labute approximate surface area is 116 Å². The largest absolute Gasteiger partial charge is 0.326 e. The van der Waals surface area contributed by atoms with Crippen LogP contribution in [-0.2, 0) is 13.1 Å². The first-order valence-corrected chi connectivity index (χ1v) is 7.47. The van der Waals surface area contributed by atoms with E-state index in [4.69, 9.17) is 5.73 Å². The van der Waals surface area contributed by atoms with E-state index in [-0.39, 0.29) is 0 Å². The number of thiophene rings is 1. The Morgan fingerprint density at radius 3 is 2.33 bits per heavy atom. The van der Waals surface area contributed by atoms with Crippen LogP contribution >= 0.6 is 11.3 Å². The topological polar surface area (TPSA) is 32.5 Å². The van der Waals surface area contributed by atoms with Crippen LogP contribution < -0.4 is 5.73 Å². The van der Waals surface area contributed by atoms with Crippen LogP contribution in [0.4, 0.5) is 0 Å². The smallest absolute Gasteiger partial charge is 0.0328 e. The van der Waals surface area contributed by atoms with Crippen molar-refractivity contribution in [3.8, 4) is 0 Å². The fraction of sp³-hybridized carbons (Fsp3) is 0.714. The highest BCUT2D eigenvalue weighted by atomic mass is 32.1. The van der Waals surface area contributed by atoms with E-state index in [1.165, 1.54) is 9.75 Å². The number of nitrogens with two attached hydrogens (primary N) is 1. The van der Waals surface area contributed by atoms with Crippen molar-refractivity contribution >= 4 is 11.3 Å². The van der Waals surface area contributed by atoms with E-state index < -0.39 is 0 Å². The molecule has 0 aliphatic carbocycles. The lowest BCUT2D eigenvalue weighted by molar-refractivity contribution is 0.213. The van der Waals surface area contributed by atoms with E-state index in [0.717, 1.165) is 26.2 Å². The minimum Gasteiger partial charge on any atom is -0.326 e. The van der Waals surface area contributed by atoms with Crippen molar-refractivity contribution in [2.24, 2.45) is 11.7 Å². The predicted octanol–water partition coefficient (Wildman–Crippen LogP) is 2.23. The second-order valence-electron chi connectivity index (χ2n) is 5.50. The van der Waals surface area contributed by atoms with Gasteiger partial charge in [0.05, 0.1) is 0 Å². The van der Waals surface area contributed by atoms with Gasteiger partial charge in [-0.15, -0.1) is 11.3 Å². The molecule has 0 aromatic carbocycles. The third kappa shape index (κ3) is 5.96. The van der Waals surface area contributed by atoms with Gasteiger partial charge < -0.3 is 10.6 Å². The van der Waals surface area contributed by atoms with Gasteiger partial charge in [-0.1, -0.05) is 13.8 Å². The summed E-state index contributed by atoms with van der Waals surface area (Å²) in [7, 11) is 4.26. The molecule has 1 rings (SSSR count). The van der Waals surface area contributed by atoms with Crippen molar-refractivity contribution in [1.82, 2.24) is 9.80 Å². The van der Waals surface area contributed by atoms with Gasteiger partial charge in [-0.05, 0) is 32.1 Å². The molecule has 18 heavy (non-hydrogen) atoms. The van der Waals surface area contributed by atoms with Gasteiger partial charge in [-0.2, -0.15) is 0 Å². The summed E-state index contributed by atoms with van der Waals surface area (Å²) in [6.45, 7) is 9.67. The first-order valence-electron chi connectivity index (χ1n) is 6.66. The zero-order valence-electron chi connectivity index (χ0n) is 12.1. The van der Waals surface area contributed by atoms with Gasteiger partial charge in [0, 0.05) is 42.5 Å². The van der Waals surface area contributed by atoms with Crippen LogP contribution in [0.2, 0.25) is 0 Å². The first kappa shape index (κ1) is 15.6. The fourth-order valence-corrected chi connectivity index (χ4v) is 2.87. The monoisotopic (exact) mass is 269 g/mol.